The fourth-order valence-corrected chi connectivity index (χ4v) is 1.67. The van der Waals surface area contributed by atoms with Crippen LogP contribution in [0.25, 0.3) is 5.69 Å². The van der Waals surface area contributed by atoms with E-state index in [1.165, 1.54) is 6.20 Å². The summed E-state index contributed by atoms with van der Waals surface area (Å²) in [6.07, 6.45) is 2.19. The lowest BCUT2D eigenvalue weighted by atomic mass is 10.2. The van der Waals surface area contributed by atoms with Crippen molar-refractivity contribution in [1.82, 2.24) is 15.0 Å². The number of nitrogens with zero attached hydrogens (tertiary/aromatic N) is 3. The van der Waals surface area contributed by atoms with Gasteiger partial charge in [0.25, 0.3) is 0 Å². The first-order valence-corrected chi connectivity index (χ1v) is 6.15. The van der Waals surface area contributed by atoms with Gasteiger partial charge in [-0.05, 0) is 6.42 Å². The van der Waals surface area contributed by atoms with Gasteiger partial charge in [-0.25, -0.2) is 17.9 Å². The van der Waals surface area contributed by atoms with Gasteiger partial charge in [0.05, 0.1) is 16.7 Å². The van der Waals surface area contributed by atoms with Crippen LogP contribution in [0.5, 0.6) is 0 Å². The number of halogens is 4. The van der Waals surface area contributed by atoms with Crippen LogP contribution in [0.2, 0.25) is 0 Å². The monoisotopic (exact) mass is 319 g/mol. The van der Waals surface area contributed by atoms with Crippen molar-refractivity contribution < 1.29 is 13.2 Å². The molecule has 1 atom stereocenters. The highest BCUT2D eigenvalue weighted by Crippen LogP contribution is 2.25. The number of rotatable bonds is 3. The van der Waals surface area contributed by atoms with Crippen molar-refractivity contribution in [1.29, 1.82) is 0 Å². The molecular formula is C11H9BrF3N3. The van der Waals surface area contributed by atoms with Crippen LogP contribution < -0.4 is 0 Å². The van der Waals surface area contributed by atoms with Crippen molar-refractivity contribution in [2.75, 3.05) is 0 Å². The van der Waals surface area contributed by atoms with E-state index >= 15 is 0 Å². The summed E-state index contributed by atoms with van der Waals surface area (Å²) in [7, 11) is 0. The number of hydrogen-bond acceptors (Lipinski definition) is 2. The van der Waals surface area contributed by atoms with Crippen molar-refractivity contribution in [3.05, 3.63) is 41.5 Å². The Morgan fingerprint density at radius 2 is 2.06 bits per heavy atom. The van der Waals surface area contributed by atoms with Gasteiger partial charge in [0.15, 0.2) is 11.6 Å². The average molecular weight is 320 g/mol. The first-order chi connectivity index (χ1) is 8.52. The molecule has 0 saturated heterocycles. The zero-order valence-corrected chi connectivity index (χ0v) is 11.0. The topological polar surface area (TPSA) is 30.7 Å². The van der Waals surface area contributed by atoms with Gasteiger partial charge in [-0.3, -0.25) is 0 Å². The van der Waals surface area contributed by atoms with E-state index in [0.29, 0.717) is 11.8 Å². The molecule has 0 spiro atoms. The van der Waals surface area contributed by atoms with Crippen LogP contribution in [0.4, 0.5) is 13.2 Å². The Hall–Kier alpha value is -1.37. The standard InChI is InChI=1S/C11H9BrF3N3/c1-2-7(12)9-5-18(17-16-9)10-4-6(13)3-8(14)11(10)15/h3-5,7H,2H2,1H3. The molecule has 0 radical (unpaired) electrons. The maximum absolute atomic E-state index is 13.5. The summed E-state index contributed by atoms with van der Waals surface area (Å²) in [5, 5.41) is 7.48. The fourth-order valence-electron chi connectivity index (χ4n) is 1.46. The van der Waals surface area contributed by atoms with Crippen molar-refractivity contribution in [2.45, 2.75) is 18.2 Å². The summed E-state index contributed by atoms with van der Waals surface area (Å²) >= 11 is 3.36. The second kappa shape index (κ2) is 5.09. The van der Waals surface area contributed by atoms with E-state index in [0.717, 1.165) is 17.2 Å². The molecule has 7 heteroatoms. The zero-order chi connectivity index (χ0) is 13.3. The van der Waals surface area contributed by atoms with Gasteiger partial charge < -0.3 is 0 Å². The summed E-state index contributed by atoms with van der Waals surface area (Å²) in [4.78, 5) is -0.0345. The number of benzene rings is 1. The van der Waals surface area contributed by atoms with Gasteiger partial charge in [0, 0.05) is 12.1 Å². The summed E-state index contributed by atoms with van der Waals surface area (Å²) < 4.78 is 40.7. The minimum absolute atomic E-state index is 0.0345. The SMILES string of the molecule is CCC(Br)c1cn(-c2cc(F)cc(F)c2F)nn1. The van der Waals surface area contributed by atoms with E-state index in [-0.39, 0.29) is 10.5 Å². The van der Waals surface area contributed by atoms with Gasteiger partial charge in [-0.1, -0.05) is 28.1 Å². The Morgan fingerprint density at radius 1 is 1.33 bits per heavy atom. The fraction of sp³-hybridized carbons (Fsp3) is 0.273. The molecule has 1 aromatic heterocycles. The van der Waals surface area contributed by atoms with E-state index in [4.69, 9.17) is 0 Å². The van der Waals surface area contributed by atoms with E-state index in [1.807, 2.05) is 6.92 Å². The normalized spacial score (nSPS) is 12.7. The molecule has 0 N–H and O–H groups in total. The minimum Gasteiger partial charge on any atom is -0.217 e. The highest BCUT2D eigenvalue weighted by Gasteiger charge is 2.16. The molecule has 1 heterocycles. The van der Waals surface area contributed by atoms with Crippen LogP contribution in [0, 0.1) is 17.5 Å². The summed E-state index contributed by atoms with van der Waals surface area (Å²) in [5.41, 5.74) is 0.267. The van der Waals surface area contributed by atoms with Crippen molar-refractivity contribution in [2.24, 2.45) is 0 Å². The quantitative estimate of drug-likeness (QED) is 0.640. The van der Waals surface area contributed by atoms with Crippen molar-refractivity contribution in [3.8, 4) is 5.69 Å². The molecule has 2 rings (SSSR count). The maximum Gasteiger partial charge on any atom is 0.184 e. The smallest absolute Gasteiger partial charge is 0.184 e. The second-order valence-electron chi connectivity index (χ2n) is 3.68. The Bertz CT molecular complexity index is 571. The van der Waals surface area contributed by atoms with Crippen LogP contribution in [0.1, 0.15) is 23.9 Å². The lowest BCUT2D eigenvalue weighted by Crippen LogP contribution is -2.02. The summed E-state index contributed by atoms with van der Waals surface area (Å²) in [5.74, 6) is -3.28. The molecule has 1 unspecified atom stereocenters. The molecule has 0 fully saturated rings. The van der Waals surface area contributed by atoms with Crippen LogP contribution in [-0.2, 0) is 0 Å². The Kier molecular flexibility index (Phi) is 3.70. The predicted molar refractivity (Wildman–Crippen MR) is 63.2 cm³/mol. The average Bonchev–Trinajstić information content (AvgIpc) is 2.82. The zero-order valence-electron chi connectivity index (χ0n) is 9.37. The third kappa shape index (κ3) is 2.40. The van der Waals surface area contributed by atoms with Gasteiger partial charge in [-0.2, -0.15) is 0 Å². The van der Waals surface area contributed by atoms with Crippen LogP contribution >= 0.6 is 15.9 Å². The lowest BCUT2D eigenvalue weighted by Gasteiger charge is -2.03. The van der Waals surface area contributed by atoms with Crippen molar-refractivity contribution in [3.63, 3.8) is 0 Å². The molecule has 0 aliphatic carbocycles. The number of alkyl halides is 1. The van der Waals surface area contributed by atoms with E-state index in [2.05, 4.69) is 26.2 Å². The minimum atomic E-state index is -1.26. The van der Waals surface area contributed by atoms with Gasteiger partial charge in [-0.15, -0.1) is 5.10 Å². The van der Waals surface area contributed by atoms with Crippen LogP contribution in [-0.4, -0.2) is 15.0 Å². The molecule has 1 aromatic carbocycles. The van der Waals surface area contributed by atoms with Crippen LogP contribution in [0.15, 0.2) is 18.3 Å². The number of hydrogen-bond donors (Lipinski definition) is 0. The molecule has 2 aromatic rings. The summed E-state index contributed by atoms with van der Waals surface area (Å²) in [6, 6.07) is 1.35. The third-order valence-electron chi connectivity index (χ3n) is 2.41. The van der Waals surface area contributed by atoms with Gasteiger partial charge >= 0.3 is 0 Å². The Balaban J connectivity index is 2.46. The Morgan fingerprint density at radius 3 is 2.72 bits per heavy atom. The first-order valence-electron chi connectivity index (χ1n) is 5.24. The van der Waals surface area contributed by atoms with Gasteiger partial charge in [0.1, 0.15) is 11.5 Å². The maximum atomic E-state index is 13.5. The molecule has 3 nitrogen and oxygen atoms in total. The highest BCUT2D eigenvalue weighted by atomic mass is 79.9. The molecule has 0 saturated carbocycles. The second-order valence-corrected chi connectivity index (χ2v) is 4.79. The molecule has 0 aliphatic rings. The molecule has 0 amide bonds. The first kappa shape index (κ1) is 13.1. The van der Waals surface area contributed by atoms with E-state index < -0.39 is 17.5 Å². The third-order valence-corrected chi connectivity index (χ3v) is 3.53. The van der Waals surface area contributed by atoms with Crippen molar-refractivity contribution >= 4 is 15.9 Å². The van der Waals surface area contributed by atoms with Crippen LogP contribution in [0.3, 0.4) is 0 Å². The highest BCUT2D eigenvalue weighted by molar-refractivity contribution is 9.09. The number of aromatic nitrogens is 3. The largest absolute Gasteiger partial charge is 0.217 e. The molecule has 96 valence electrons. The lowest BCUT2D eigenvalue weighted by molar-refractivity contribution is 0.487. The molecular weight excluding hydrogens is 311 g/mol. The van der Waals surface area contributed by atoms with E-state index in [1.54, 1.807) is 0 Å². The Labute approximate surface area is 110 Å². The van der Waals surface area contributed by atoms with E-state index in [9.17, 15) is 13.2 Å². The summed E-state index contributed by atoms with van der Waals surface area (Å²) in [6.45, 7) is 1.93. The van der Waals surface area contributed by atoms with Gasteiger partial charge in [0.2, 0.25) is 0 Å². The molecule has 18 heavy (non-hydrogen) atoms. The molecule has 0 bridgehead atoms. The molecule has 0 aliphatic heterocycles. The predicted octanol–water partition coefficient (Wildman–Crippen LogP) is 3.53.